The number of fused-ring (bicyclic) bond motifs is 1. The molecule has 154 valence electrons. The van der Waals surface area contributed by atoms with E-state index in [-0.39, 0.29) is 17.8 Å². The zero-order valence-electron chi connectivity index (χ0n) is 17.0. The van der Waals surface area contributed by atoms with Crippen LogP contribution in [0.25, 0.3) is 0 Å². The van der Waals surface area contributed by atoms with Crippen molar-refractivity contribution in [1.29, 1.82) is 0 Å². The van der Waals surface area contributed by atoms with Crippen LogP contribution in [0.5, 0.6) is 5.75 Å². The van der Waals surface area contributed by atoms with Gasteiger partial charge in [0.15, 0.2) is 5.82 Å². The molecule has 1 aliphatic carbocycles. The van der Waals surface area contributed by atoms with Gasteiger partial charge >= 0.3 is 0 Å². The third-order valence-electron chi connectivity index (χ3n) is 5.82. The first-order chi connectivity index (χ1) is 14.0. The van der Waals surface area contributed by atoms with Gasteiger partial charge < -0.3 is 19.9 Å². The lowest BCUT2D eigenvalue weighted by molar-refractivity contribution is -0.120. The second-order valence-electron chi connectivity index (χ2n) is 7.54. The van der Waals surface area contributed by atoms with E-state index in [1.54, 1.807) is 24.2 Å². The van der Waals surface area contributed by atoms with Crippen LogP contribution in [0.15, 0.2) is 24.4 Å². The molecular weight excluding hydrogens is 373 g/mol. The predicted octanol–water partition coefficient (Wildman–Crippen LogP) is 3.87. The molecule has 7 nitrogen and oxygen atoms in total. The summed E-state index contributed by atoms with van der Waals surface area (Å²) in [5.74, 6) is 1.23. The lowest BCUT2D eigenvalue weighted by Crippen LogP contribution is -2.55. The van der Waals surface area contributed by atoms with Crippen molar-refractivity contribution < 1.29 is 13.9 Å². The van der Waals surface area contributed by atoms with Crippen LogP contribution in [0.2, 0.25) is 0 Å². The van der Waals surface area contributed by atoms with Gasteiger partial charge in [0.25, 0.3) is 0 Å². The third-order valence-corrected chi connectivity index (χ3v) is 5.82. The first-order valence-electron chi connectivity index (χ1n) is 10.1. The van der Waals surface area contributed by atoms with E-state index in [9.17, 15) is 9.18 Å². The van der Waals surface area contributed by atoms with E-state index in [2.05, 4.69) is 15.2 Å². The van der Waals surface area contributed by atoms with E-state index >= 15 is 0 Å². The molecule has 1 N–H and O–H groups in total. The highest BCUT2D eigenvalue weighted by Crippen LogP contribution is 2.40. The molecule has 0 spiro atoms. The number of hydrogen-bond donors (Lipinski definition) is 1. The lowest BCUT2D eigenvalue weighted by Gasteiger charge is -2.43. The fraction of sp³-hybridized carbons (Fsp3) is 0.476. The molecule has 8 heteroatoms. The first-order valence-corrected chi connectivity index (χ1v) is 10.1. The van der Waals surface area contributed by atoms with Gasteiger partial charge in [0.05, 0.1) is 19.0 Å². The number of aromatic nitrogens is 2. The molecule has 1 amide bonds. The molecule has 2 aliphatic rings. The van der Waals surface area contributed by atoms with Crippen molar-refractivity contribution in [3.05, 3.63) is 30.2 Å². The Morgan fingerprint density at radius 2 is 2.07 bits per heavy atom. The van der Waals surface area contributed by atoms with Crippen molar-refractivity contribution in [3.63, 3.8) is 0 Å². The highest BCUT2D eigenvalue weighted by Gasteiger charge is 2.41. The summed E-state index contributed by atoms with van der Waals surface area (Å²) in [6, 6.07) is 4.34. The average molecular weight is 399 g/mol. The largest absolute Gasteiger partial charge is 0.494 e. The number of amides is 1. The number of methoxy groups -OCH3 is 1. The highest BCUT2D eigenvalue weighted by molar-refractivity contribution is 6.04. The van der Waals surface area contributed by atoms with Crippen LogP contribution in [0.4, 0.5) is 27.5 Å². The lowest BCUT2D eigenvalue weighted by atomic mass is 10.0. The summed E-state index contributed by atoms with van der Waals surface area (Å²) < 4.78 is 18.8. The Labute approximate surface area is 169 Å². The second kappa shape index (κ2) is 7.85. The Balaban J connectivity index is 1.74. The van der Waals surface area contributed by atoms with Crippen LogP contribution in [-0.2, 0) is 4.79 Å². The van der Waals surface area contributed by atoms with Crippen molar-refractivity contribution in [2.75, 3.05) is 29.3 Å². The maximum Gasteiger partial charge on any atom is 0.249 e. The summed E-state index contributed by atoms with van der Waals surface area (Å²) in [5.41, 5.74) is 1.29. The van der Waals surface area contributed by atoms with E-state index in [0.717, 1.165) is 25.1 Å². The maximum absolute atomic E-state index is 13.5. The minimum Gasteiger partial charge on any atom is -0.494 e. The minimum atomic E-state index is -0.378. The van der Waals surface area contributed by atoms with Gasteiger partial charge in [-0.25, -0.2) is 9.37 Å². The van der Waals surface area contributed by atoms with Crippen LogP contribution in [0.1, 0.15) is 39.0 Å². The molecule has 1 aromatic heterocycles. The van der Waals surface area contributed by atoms with E-state index in [1.807, 2.05) is 6.92 Å². The van der Waals surface area contributed by atoms with Gasteiger partial charge in [-0.2, -0.15) is 4.98 Å². The molecule has 1 saturated carbocycles. The molecule has 2 aromatic rings. The number of anilines is 4. The SMILES string of the molecule is CCC1C(=O)N(C)c2cnc(Nc3ccc(F)cc3OC)nc2N1C1CCCC1. The van der Waals surface area contributed by atoms with Gasteiger partial charge in [0.2, 0.25) is 11.9 Å². The third kappa shape index (κ3) is 3.47. The highest BCUT2D eigenvalue weighted by atomic mass is 19.1. The second-order valence-corrected chi connectivity index (χ2v) is 7.54. The minimum absolute atomic E-state index is 0.0800. The molecule has 0 bridgehead atoms. The van der Waals surface area contributed by atoms with Gasteiger partial charge in [0, 0.05) is 19.2 Å². The average Bonchev–Trinajstić information content (AvgIpc) is 3.26. The smallest absolute Gasteiger partial charge is 0.249 e. The monoisotopic (exact) mass is 399 g/mol. The Morgan fingerprint density at radius 3 is 2.76 bits per heavy atom. The molecule has 1 aliphatic heterocycles. The van der Waals surface area contributed by atoms with Gasteiger partial charge in [-0.15, -0.1) is 0 Å². The number of likely N-dealkylation sites (N-methyl/N-ethyl adjacent to an activating group) is 1. The van der Waals surface area contributed by atoms with Gasteiger partial charge in [-0.1, -0.05) is 19.8 Å². The number of nitrogens with one attached hydrogen (secondary N) is 1. The topological polar surface area (TPSA) is 70.6 Å². The number of carbonyl (C=O) groups excluding carboxylic acids is 1. The number of ether oxygens (including phenoxy) is 1. The molecule has 2 heterocycles. The van der Waals surface area contributed by atoms with Gasteiger partial charge in [-0.05, 0) is 31.4 Å². The quantitative estimate of drug-likeness (QED) is 0.823. The van der Waals surface area contributed by atoms with E-state index in [1.165, 1.54) is 32.1 Å². The number of nitrogens with zero attached hydrogens (tertiary/aromatic N) is 4. The predicted molar refractivity (Wildman–Crippen MR) is 110 cm³/mol. The van der Waals surface area contributed by atoms with Crippen molar-refractivity contribution in [3.8, 4) is 5.75 Å². The maximum atomic E-state index is 13.5. The van der Waals surface area contributed by atoms with Gasteiger partial charge in [0.1, 0.15) is 23.3 Å². The molecular formula is C21H26FN5O2. The van der Waals surface area contributed by atoms with Crippen LogP contribution < -0.4 is 19.9 Å². The zero-order valence-corrected chi connectivity index (χ0v) is 17.0. The van der Waals surface area contributed by atoms with Crippen molar-refractivity contribution >= 4 is 29.0 Å². The summed E-state index contributed by atoms with van der Waals surface area (Å²) in [6.45, 7) is 2.03. The van der Waals surface area contributed by atoms with Crippen LogP contribution in [0.3, 0.4) is 0 Å². The molecule has 1 fully saturated rings. The Bertz CT molecular complexity index is 916. The fourth-order valence-electron chi connectivity index (χ4n) is 4.33. The van der Waals surface area contributed by atoms with Crippen LogP contribution in [-0.4, -0.2) is 42.1 Å². The number of halogens is 1. The molecule has 4 rings (SSSR count). The Morgan fingerprint density at radius 1 is 1.31 bits per heavy atom. The molecule has 29 heavy (non-hydrogen) atoms. The zero-order chi connectivity index (χ0) is 20.5. The summed E-state index contributed by atoms with van der Waals surface area (Å²) in [7, 11) is 3.26. The Hall–Kier alpha value is -2.90. The number of rotatable bonds is 5. The molecule has 0 radical (unpaired) electrons. The molecule has 1 unspecified atom stereocenters. The first kappa shape index (κ1) is 19.4. The van der Waals surface area contributed by atoms with E-state index < -0.39 is 0 Å². The number of benzene rings is 1. The van der Waals surface area contributed by atoms with Crippen molar-refractivity contribution in [2.45, 2.75) is 51.1 Å². The van der Waals surface area contributed by atoms with Crippen LogP contribution >= 0.6 is 0 Å². The van der Waals surface area contributed by atoms with E-state index in [4.69, 9.17) is 9.72 Å². The van der Waals surface area contributed by atoms with E-state index in [0.29, 0.717) is 29.1 Å². The summed E-state index contributed by atoms with van der Waals surface area (Å²) in [4.78, 5) is 25.9. The van der Waals surface area contributed by atoms with Gasteiger partial charge in [-0.3, -0.25) is 4.79 Å². The molecule has 1 aromatic carbocycles. The van der Waals surface area contributed by atoms with Crippen molar-refractivity contribution in [2.24, 2.45) is 0 Å². The summed E-state index contributed by atoms with van der Waals surface area (Å²) >= 11 is 0. The summed E-state index contributed by atoms with van der Waals surface area (Å²) in [5, 5.41) is 3.13. The Kier molecular flexibility index (Phi) is 5.25. The number of hydrogen-bond acceptors (Lipinski definition) is 6. The number of carbonyl (C=O) groups is 1. The molecule has 1 atom stereocenters. The fourth-order valence-corrected chi connectivity index (χ4v) is 4.33. The van der Waals surface area contributed by atoms with Crippen LogP contribution in [0, 0.1) is 5.82 Å². The molecule has 0 saturated heterocycles. The normalized spacial score (nSPS) is 19.4. The van der Waals surface area contributed by atoms with Crippen molar-refractivity contribution in [1.82, 2.24) is 9.97 Å². The summed E-state index contributed by atoms with van der Waals surface area (Å²) in [6.07, 6.45) is 6.85. The standard InChI is InChI=1S/C21H26FN5O2/c1-4-16-20(28)26(2)17-12-23-21(24-15-10-9-13(22)11-18(15)29-3)25-19(17)27(16)14-7-5-6-8-14/h9-12,14,16H,4-8H2,1-3H3,(H,23,24,25).